The number of nitrogens with zero attached hydrogens (tertiary/aromatic N) is 3. The van der Waals surface area contributed by atoms with Crippen LogP contribution in [0.1, 0.15) is 40.1 Å². The molecule has 128 valence electrons. The van der Waals surface area contributed by atoms with Crippen LogP contribution in [0.2, 0.25) is 5.02 Å². The van der Waals surface area contributed by atoms with E-state index < -0.39 is 0 Å². The molecule has 0 aliphatic carbocycles. The summed E-state index contributed by atoms with van der Waals surface area (Å²) < 4.78 is 0. The zero-order chi connectivity index (χ0) is 17.8. The van der Waals surface area contributed by atoms with E-state index in [2.05, 4.69) is 27.2 Å². The van der Waals surface area contributed by atoms with Gasteiger partial charge in [0.05, 0.1) is 10.6 Å². The van der Waals surface area contributed by atoms with Crippen molar-refractivity contribution in [1.82, 2.24) is 15.0 Å². The molecular weight excluding hydrogens is 356 g/mol. The number of nitrogens with one attached hydrogen (secondary N) is 1. The van der Waals surface area contributed by atoms with Gasteiger partial charge in [0.15, 0.2) is 5.13 Å². The molecule has 0 unspecified atom stereocenters. The summed E-state index contributed by atoms with van der Waals surface area (Å²) in [6.45, 7) is 4.02. The molecule has 5 nitrogen and oxygen atoms in total. The standard InChI is InChI=1S/C18H17ClN4OS/c1-3-13-8-11(2)21-16(22-13)10-12-4-5-15(19)14(9-12)17(24)23-18-20-6-7-25-18/h4-9H,3,10H2,1-2H3,(H,20,23,24). The lowest BCUT2D eigenvalue weighted by Crippen LogP contribution is -2.13. The fraction of sp³-hybridized carbons (Fsp3) is 0.222. The molecular formula is C18H17ClN4OS. The van der Waals surface area contributed by atoms with Crippen LogP contribution in [0, 0.1) is 6.92 Å². The fourth-order valence-electron chi connectivity index (χ4n) is 2.45. The molecule has 3 aromatic rings. The third-order valence-corrected chi connectivity index (χ3v) is 4.62. The van der Waals surface area contributed by atoms with Crippen LogP contribution in [0.4, 0.5) is 5.13 Å². The van der Waals surface area contributed by atoms with Crippen LogP contribution in [0.3, 0.4) is 0 Å². The minimum atomic E-state index is -0.277. The third kappa shape index (κ3) is 4.41. The molecule has 2 aromatic heterocycles. The first kappa shape index (κ1) is 17.5. The number of thiazole rings is 1. The van der Waals surface area contributed by atoms with Gasteiger partial charge >= 0.3 is 0 Å². The van der Waals surface area contributed by atoms with E-state index >= 15 is 0 Å². The van der Waals surface area contributed by atoms with Crippen molar-refractivity contribution in [1.29, 1.82) is 0 Å². The number of carbonyl (C=O) groups is 1. The maximum absolute atomic E-state index is 12.4. The number of benzene rings is 1. The number of rotatable bonds is 5. The first-order chi connectivity index (χ1) is 12.0. The van der Waals surface area contributed by atoms with Crippen LogP contribution >= 0.6 is 22.9 Å². The Morgan fingerprint density at radius 3 is 2.84 bits per heavy atom. The second kappa shape index (κ2) is 7.72. The van der Waals surface area contributed by atoms with E-state index in [1.807, 2.05) is 19.1 Å². The van der Waals surface area contributed by atoms with Gasteiger partial charge < -0.3 is 0 Å². The van der Waals surface area contributed by atoms with Crippen LogP contribution in [-0.2, 0) is 12.8 Å². The molecule has 1 aromatic carbocycles. The minimum absolute atomic E-state index is 0.277. The Bertz CT molecular complexity index is 896. The van der Waals surface area contributed by atoms with Crippen molar-refractivity contribution in [2.75, 3.05) is 5.32 Å². The summed E-state index contributed by atoms with van der Waals surface area (Å²) in [7, 11) is 0. The monoisotopic (exact) mass is 372 g/mol. The van der Waals surface area contributed by atoms with E-state index in [-0.39, 0.29) is 5.91 Å². The topological polar surface area (TPSA) is 67.8 Å². The molecule has 0 saturated carbocycles. The second-order valence-corrected chi connectivity index (χ2v) is 6.85. The largest absolute Gasteiger partial charge is 0.298 e. The van der Waals surface area contributed by atoms with Gasteiger partial charge in [-0.15, -0.1) is 11.3 Å². The highest BCUT2D eigenvalue weighted by Gasteiger charge is 2.13. The van der Waals surface area contributed by atoms with Crippen LogP contribution < -0.4 is 5.32 Å². The Morgan fingerprint density at radius 2 is 2.12 bits per heavy atom. The van der Waals surface area contributed by atoms with E-state index in [4.69, 9.17) is 11.6 Å². The Hall–Kier alpha value is -2.31. The molecule has 25 heavy (non-hydrogen) atoms. The molecule has 0 aliphatic rings. The van der Waals surface area contributed by atoms with Crippen molar-refractivity contribution in [3.8, 4) is 0 Å². The molecule has 3 rings (SSSR count). The van der Waals surface area contributed by atoms with E-state index in [1.54, 1.807) is 23.7 Å². The highest BCUT2D eigenvalue weighted by Crippen LogP contribution is 2.21. The maximum Gasteiger partial charge on any atom is 0.258 e. The number of hydrogen-bond donors (Lipinski definition) is 1. The summed E-state index contributed by atoms with van der Waals surface area (Å²) in [5.41, 5.74) is 3.30. The highest BCUT2D eigenvalue weighted by molar-refractivity contribution is 7.13. The van der Waals surface area contributed by atoms with Crippen molar-refractivity contribution >= 4 is 34.0 Å². The van der Waals surface area contributed by atoms with E-state index in [0.717, 1.165) is 29.2 Å². The average Bonchev–Trinajstić information content (AvgIpc) is 3.09. The van der Waals surface area contributed by atoms with Gasteiger partial charge in [-0.3, -0.25) is 10.1 Å². The van der Waals surface area contributed by atoms with E-state index in [0.29, 0.717) is 22.1 Å². The number of anilines is 1. The van der Waals surface area contributed by atoms with Crippen molar-refractivity contribution in [3.63, 3.8) is 0 Å². The van der Waals surface area contributed by atoms with E-state index in [9.17, 15) is 4.79 Å². The molecule has 0 bridgehead atoms. The SMILES string of the molecule is CCc1cc(C)nc(Cc2ccc(Cl)c(C(=O)Nc3nccs3)c2)n1. The Balaban J connectivity index is 1.84. The van der Waals surface area contributed by atoms with Crippen LogP contribution in [-0.4, -0.2) is 20.9 Å². The number of carbonyl (C=O) groups excluding carboxylic acids is 1. The van der Waals surface area contributed by atoms with Gasteiger partial charge in [-0.25, -0.2) is 15.0 Å². The van der Waals surface area contributed by atoms with Crippen molar-refractivity contribution in [2.24, 2.45) is 0 Å². The summed E-state index contributed by atoms with van der Waals surface area (Å²) in [4.78, 5) is 25.5. The van der Waals surface area contributed by atoms with Crippen LogP contribution in [0.15, 0.2) is 35.8 Å². The zero-order valence-corrected chi connectivity index (χ0v) is 15.5. The lowest BCUT2D eigenvalue weighted by Gasteiger charge is -2.08. The fourth-order valence-corrected chi connectivity index (χ4v) is 3.18. The molecule has 1 amide bonds. The number of aromatic nitrogens is 3. The molecule has 0 aliphatic heterocycles. The Kier molecular flexibility index (Phi) is 5.40. The van der Waals surface area contributed by atoms with Crippen molar-refractivity contribution in [3.05, 3.63) is 69.2 Å². The predicted molar refractivity (Wildman–Crippen MR) is 100 cm³/mol. The van der Waals surface area contributed by atoms with Gasteiger partial charge in [0.1, 0.15) is 5.82 Å². The average molecular weight is 373 g/mol. The molecule has 7 heteroatoms. The molecule has 0 spiro atoms. The third-order valence-electron chi connectivity index (χ3n) is 3.61. The van der Waals surface area contributed by atoms with Gasteiger partial charge in [0, 0.05) is 29.4 Å². The lowest BCUT2D eigenvalue weighted by molar-refractivity contribution is 0.102. The minimum Gasteiger partial charge on any atom is -0.298 e. The summed E-state index contributed by atoms with van der Waals surface area (Å²) >= 11 is 7.56. The van der Waals surface area contributed by atoms with Gasteiger partial charge in [0.25, 0.3) is 5.91 Å². The predicted octanol–water partition coefficient (Wildman–Crippen LogP) is 4.30. The molecule has 0 fully saturated rings. The molecule has 2 heterocycles. The molecule has 0 saturated heterocycles. The van der Waals surface area contributed by atoms with Gasteiger partial charge in [-0.2, -0.15) is 0 Å². The Labute approximate surface area is 155 Å². The summed E-state index contributed by atoms with van der Waals surface area (Å²) in [6, 6.07) is 7.38. The molecule has 1 N–H and O–H groups in total. The summed E-state index contributed by atoms with van der Waals surface area (Å²) in [5, 5.41) is 5.49. The van der Waals surface area contributed by atoms with Gasteiger partial charge in [-0.05, 0) is 37.1 Å². The Morgan fingerprint density at radius 1 is 1.28 bits per heavy atom. The second-order valence-electron chi connectivity index (χ2n) is 5.55. The van der Waals surface area contributed by atoms with Crippen molar-refractivity contribution < 1.29 is 4.79 Å². The lowest BCUT2D eigenvalue weighted by atomic mass is 10.1. The van der Waals surface area contributed by atoms with Crippen LogP contribution in [0.5, 0.6) is 0 Å². The zero-order valence-electron chi connectivity index (χ0n) is 13.9. The smallest absolute Gasteiger partial charge is 0.258 e. The van der Waals surface area contributed by atoms with Gasteiger partial charge in [0.2, 0.25) is 0 Å². The first-order valence-electron chi connectivity index (χ1n) is 7.88. The number of hydrogen-bond acceptors (Lipinski definition) is 5. The number of halogens is 1. The number of amides is 1. The summed E-state index contributed by atoms with van der Waals surface area (Å²) in [5.74, 6) is 0.465. The van der Waals surface area contributed by atoms with Gasteiger partial charge in [-0.1, -0.05) is 24.6 Å². The first-order valence-corrected chi connectivity index (χ1v) is 9.13. The van der Waals surface area contributed by atoms with Crippen LogP contribution in [0.25, 0.3) is 0 Å². The van der Waals surface area contributed by atoms with Crippen molar-refractivity contribution in [2.45, 2.75) is 26.7 Å². The quantitative estimate of drug-likeness (QED) is 0.725. The molecule has 0 atom stereocenters. The summed E-state index contributed by atoms with van der Waals surface area (Å²) in [6.07, 6.45) is 3.04. The normalized spacial score (nSPS) is 10.7. The highest BCUT2D eigenvalue weighted by atomic mass is 35.5. The maximum atomic E-state index is 12.4. The molecule has 0 radical (unpaired) electrons. The number of aryl methyl sites for hydroxylation is 2. The van der Waals surface area contributed by atoms with E-state index in [1.165, 1.54) is 11.3 Å².